The van der Waals surface area contributed by atoms with E-state index in [0.717, 1.165) is 29.2 Å². The van der Waals surface area contributed by atoms with Crippen LogP contribution in [-0.4, -0.2) is 24.0 Å². The lowest BCUT2D eigenvalue weighted by Gasteiger charge is -2.17. The standard InChI is InChI=1S/C20H15NO4/c22-19-17-14-7-8-15(25-14)18(17)20(23)21(19)10-5-6-12-11-3-1-2-4-13(11)24-16(12)9-10/h1-6,9,14-15,17-18H,7-8H2. The molecule has 0 N–H and O–H groups in total. The third-order valence-corrected chi connectivity index (χ3v) is 5.90. The summed E-state index contributed by atoms with van der Waals surface area (Å²) in [7, 11) is 0. The summed E-state index contributed by atoms with van der Waals surface area (Å²) in [5, 5.41) is 2.02. The maximum absolute atomic E-state index is 12.9. The number of anilines is 1. The molecule has 0 radical (unpaired) electrons. The number of amides is 2. The van der Waals surface area contributed by atoms with Crippen molar-refractivity contribution >= 4 is 39.4 Å². The van der Waals surface area contributed by atoms with Crippen molar-refractivity contribution in [3.8, 4) is 0 Å². The second-order valence-corrected chi connectivity index (χ2v) is 7.13. The van der Waals surface area contributed by atoms with Gasteiger partial charge in [-0.05, 0) is 31.0 Å². The van der Waals surface area contributed by atoms with Gasteiger partial charge in [0.15, 0.2) is 0 Å². The monoisotopic (exact) mass is 333 g/mol. The van der Waals surface area contributed by atoms with Crippen LogP contribution in [0.4, 0.5) is 5.69 Å². The fourth-order valence-corrected chi connectivity index (χ4v) is 4.82. The van der Waals surface area contributed by atoms with E-state index in [1.54, 1.807) is 6.07 Å². The van der Waals surface area contributed by atoms with Gasteiger partial charge in [0.25, 0.3) is 0 Å². The van der Waals surface area contributed by atoms with Crippen LogP contribution < -0.4 is 4.90 Å². The molecule has 5 nitrogen and oxygen atoms in total. The van der Waals surface area contributed by atoms with Crippen molar-refractivity contribution < 1.29 is 18.7 Å². The van der Waals surface area contributed by atoms with Crippen molar-refractivity contribution in [2.75, 3.05) is 4.90 Å². The Balaban J connectivity index is 1.48. The average molecular weight is 333 g/mol. The summed E-state index contributed by atoms with van der Waals surface area (Å²) in [6.07, 6.45) is 1.57. The third-order valence-electron chi connectivity index (χ3n) is 5.90. The summed E-state index contributed by atoms with van der Waals surface area (Å²) in [6, 6.07) is 13.4. The van der Waals surface area contributed by atoms with Crippen molar-refractivity contribution in [3.63, 3.8) is 0 Å². The zero-order valence-electron chi connectivity index (χ0n) is 13.3. The summed E-state index contributed by atoms with van der Waals surface area (Å²) in [6.45, 7) is 0. The molecular formula is C20H15NO4. The Morgan fingerprint density at radius 3 is 2.28 bits per heavy atom. The van der Waals surface area contributed by atoms with E-state index in [1.807, 2.05) is 36.4 Å². The number of hydrogen-bond donors (Lipinski definition) is 0. The molecule has 2 aromatic carbocycles. The van der Waals surface area contributed by atoms with Gasteiger partial charge >= 0.3 is 0 Å². The van der Waals surface area contributed by atoms with Crippen LogP contribution in [0.2, 0.25) is 0 Å². The molecule has 4 heterocycles. The number of imide groups is 1. The van der Waals surface area contributed by atoms with Crippen molar-refractivity contribution in [3.05, 3.63) is 42.5 Å². The fraction of sp³-hybridized carbons (Fsp3) is 0.300. The van der Waals surface area contributed by atoms with E-state index < -0.39 is 0 Å². The number of carbonyl (C=O) groups is 2. The van der Waals surface area contributed by atoms with E-state index in [1.165, 1.54) is 4.90 Å². The maximum Gasteiger partial charge on any atom is 0.240 e. The third kappa shape index (κ3) is 1.61. The Morgan fingerprint density at radius 2 is 1.52 bits per heavy atom. The van der Waals surface area contributed by atoms with Gasteiger partial charge in [0.05, 0.1) is 29.7 Å². The Hall–Kier alpha value is -2.66. The SMILES string of the molecule is O=C1C2C3CCC(O3)C2C(=O)N1c1ccc2c(c1)oc1ccccc12. The predicted octanol–water partition coefficient (Wildman–Crippen LogP) is 3.25. The second-order valence-electron chi connectivity index (χ2n) is 7.13. The molecule has 0 spiro atoms. The van der Waals surface area contributed by atoms with E-state index in [9.17, 15) is 9.59 Å². The lowest BCUT2D eigenvalue weighted by molar-refractivity contribution is -0.124. The molecule has 3 aromatic rings. The smallest absolute Gasteiger partial charge is 0.240 e. The zero-order chi connectivity index (χ0) is 16.7. The van der Waals surface area contributed by atoms with E-state index in [4.69, 9.17) is 9.15 Å². The summed E-state index contributed by atoms with van der Waals surface area (Å²) >= 11 is 0. The molecule has 0 saturated carbocycles. The highest BCUT2D eigenvalue weighted by atomic mass is 16.5. The van der Waals surface area contributed by atoms with Crippen LogP contribution >= 0.6 is 0 Å². The zero-order valence-corrected chi connectivity index (χ0v) is 13.3. The van der Waals surface area contributed by atoms with Crippen LogP contribution in [0.1, 0.15) is 12.8 Å². The molecule has 1 aromatic heterocycles. The minimum absolute atomic E-state index is 0.0913. The number of fused-ring (bicyclic) bond motifs is 8. The summed E-state index contributed by atoms with van der Waals surface area (Å²) in [5.74, 6) is -0.870. The van der Waals surface area contributed by atoms with Crippen molar-refractivity contribution in [1.82, 2.24) is 0 Å². The Morgan fingerprint density at radius 1 is 0.840 bits per heavy atom. The van der Waals surface area contributed by atoms with E-state index in [0.29, 0.717) is 11.3 Å². The Labute approximate surface area is 143 Å². The van der Waals surface area contributed by atoms with Crippen LogP contribution in [0.5, 0.6) is 0 Å². The van der Waals surface area contributed by atoms with Crippen molar-refractivity contribution in [1.29, 1.82) is 0 Å². The van der Waals surface area contributed by atoms with E-state index in [-0.39, 0.29) is 35.9 Å². The number of carbonyl (C=O) groups excluding carboxylic acids is 2. The lowest BCUT2D eigenvalue weighted by Crippen LogP contribution is -2.34. The maximum atomic E-state index is 12.9. The van der Waals surface area contributed by atoms with Crippen molar-refractivity contribution in [2.24, 2.45) is 11.8 Å². The molecule has 25 heavy (non-hydrogen) atoms. The number of rotatable bonds is 1. The lowest BCUT2D eigenvalue weighted by atomic mass is 9.81. The molecule has 3 fully saturated rings. The van der Waals surface area contributed by atoms with Gasteiger partial charge in [0, 0.05) is 16.8 Å². The summed E-state index contributed by atoms with van der Waals surface area (Å²) < 4.78 is 11.7. The average Bonchev–Trinajstić information content (AvgIpc) is 3.36. The number of benzene rings is 2. The molecular weight excluding hydrogens is 318 g/mol. The second kappa shape index (κ2) is 4.49. The Kier molecular flexibility index (Phi) is 2.44. The fourth-order valence-electron chi connectivity index (χ4n) is 4.82. The highest BCUT2D eigenvalue weighted by Crippen LogP contribution is 2.49. The molecule has 5 heteroatoms. The van der Waals surface area contributed by atoms with E-state index >= 15 is 0 Å². The number of hydrogen-bond acceptors (Lipinski definition) is 4. The van der Waals surface area contributed by atoms with Crippen molar-refractivity contribution in [2.45, 2.75) is 25.0 Å². The topological polar surface area (TPSA) is 59.8 Å². The van der Waals surface area contributed by atoms with Crippen LogP contribution in [0, 0.1) is 11.8 Å². The molecule has 4 atom stereocenters. The summed E-state index contributed by atoms with van der Waals surface area (Å²) in [4.78, 5) is 27.1. The van der Waals surface area contributed by atoms with Crippen LogP contribution in [-0.2, 0) is 14.3 Å². The molecule has 2 bridgehead atoms. The molecule has 2 amide bonds. The minimum atomic E-state index is -0.308. The first-order chi connectivity index (χ1) is 12.2. The molecule has 6 rings (SSSR count). The van der Waals surface area contributed by atoms with Crippen LogP contribution in [0.3, 0.4) is 0 Å². The first kappa shape index (κ1) is 13.6. The van der Waals surface area contributed by atoms with Gasteiger partial charge in [-0.15, -0.1) is 0 Å². The van der Waals surface area contributed by atoms with Gasteiger partial charge < -0.3 is 9.15 Å². The molecule has 0 aliphatic carbocycles. The number of furan rings is 1. The predicted molar refractivity (Wildman–Crippen MR) is 91.1 cm³/mol. The molecule has 3 saturated heterocycles. The molecule has 124 valence electrons. The molecule has 3 aliphatic rings. The Bertz CT molecular complexity index is 1040. The van der Waals surface area contributed by atoms with E-state index in [2.05, 4.69) is 0 Å². The number of ether oxygens (including phenoxy) is 1. The van der Waals surface area contributed by atoms with Gasteiger partial charge in [-0.25, -0.2) is 4.90 Å². The molecule has 4 unspecified atom stereocenters. The van der Waals surface area contributed by atoms with Gasteiger partial charge in [-0.2, -0.15) is 0 Å². The van der Waals surface area contributed by atoms with Gasteiger partial charge in [-0.3, -0.25) is 9.59 Å². The minimum Gasteiger partial charge on any atom is -0.456 e. The largest absolute Gasteiger partial charge is 0.456 e. The highest BCUT2D eigenvalue weighted by Gasteiger charge is 2.62. The van der Waals surface area contributed by atoms with Gasteiger partial charge in [0.2, 0.25) is 11.8 Å². The van der Waals surface area contributed by atoms with Gasteiger partial charge in [-0.1, -0.05) is 18.2 Å². The summed E-state index contributed by atoms with van der Waals surface area (Å²) in [5.41, 5.74) is 2.09. The van der Waals surface area contributed by atoms with Crippen LogP contribution in [0.25, 0.3) is 21.9 Å². The van der Waals surface area contributed by atoms with Crippen LogP contribution in [0.15, 0.2) is 46.9 Å². The first-order valence-electron chi connectivity index (χ1n) is 8.67. The first-order valence-corrected chi connectivity index (χ1v) is 8.67. The number of nitrogens with zero attached hydrogens (tertiary/aromatic N) is 1. The quantitative estimate of drug-likeness (QED) is 0.641. The number of para-hydroxylation sites is 1. The highest BCUT2D eigenvalue weighted by molar-refractivity contribution is 6.23. The normalized spacial score (nSPS) is 30.8. The molecule has 3 aliphatic heterocycles. The van der Waals surface area contributed by atoms with Gasteiger partial charge in [0.1, 0.15) is 11.2 Å².